The molecule has 0 aliphatic carbocycles. The molecule has 6 heteroatoms. The molecule has 1 fully saturated rings. The van der Waals surface area contributed by atoms with Gasteiger partial charge in [0, 0.05) is 29.7 Å². The number of para-hydroxylation sites is 2. The Bertz CT molecular complexity index is 883. The summed E-state index contributed by atoms with van der Waals surface area (Å²) in [7, 11) is 0. The largest absolute Gasteiger partial charge is 0.423 e. The molecule has 0 bridgehead atoms. The van der Waals surface area contributed by atoms with Crippen molar-refractivity contribution in [2.45, 2.75) is 12.8 Å². The Morgan fingerprint density at radius 2 is 2.00 bits per heavy atom. The van der Waals surface area contributed by atoms with Crippen LogP contribution in [0.5, 0.6) is 0 Å². The lowest BCUT2D eigenvalue weighted by Gasteiger charge is -2.30. The molecule has 1 aliphatic rings. The summed E-state index contributed by atoms with van der Waals surface area (Å²) >= 11 is 3.40. The standard InChI is InChI=1S/C20H20BrN3O2/c21-16-5-3-4-15(12-16)19(25)22-13-14-8-10-24(11-9-14)20-23-17-6-1-2-7-18(17)26-20/h1-7,12,14H,8-11,13H2,(H,22,25). The lowest BCUT2D eigenvalue weighted by molar-refractivity contribution is 0.0944. The van der Waals surface area contributed by atoms with Gasteiger partial charge in [0.15, 0.2) is 5.58 Å². The lowest BCUT2D eigenvalue weighted by Crippen LogP contribution is -2.38. The molecule has 2 heterocycles. The van der Waals surface area contributed by atoms with Gasteiger partial charge in [0.25, 0.3) is 11.9 Å². The summed E-state index contributed by atoms with van der Waals surface area (Å²) in [5.74, 6) is 0.458. The fraction of sp³-hybridized carbons (Fsp3) is 0.300. The molecule has 0 saturated carbocycles. The summed E-state index contributed by atoms with van der Waals surface area (Å²) in [5, 5.41) is 3.05. The number of halogens is 1. The fourth-order valence-corrected chi connectivity index (χ4v) is 3.69. The first-order valence-corrected chi connectivity index (χ1v) is 9.62. The van der Waals surface area contributed by atoms with Crippen molar-refractivity contribution in [3.05, 3.63) is 58.6 Å². The summed E-state index contributed by atoms with van der Waals surface area (Å²) in [5.41, 5.74) is 2.40. The number of carbonyl (C=O) groups excluding carboxylic acids is 1. The summed E-state index contributed by atoms with van der Waals surface area (Å²) in [6.45, 7) is 2.49. The van der Waals surface area contributed by atoms with Crippen molar-refractivity contribution in [1.29, 1.82) is 0 Å². The van der Waals surface area contributed by atoms with E-state index in [1.54, 1.807) is 0 Å². The number of nitrogens with one attached hydrogen (secondary N) is 1. The van der Waals surface area contributed by atoms with E-state index in [0.717, 1.165) is 41.5 Å². The smallest absolute Gasteiger partial charge is 0.298 e. The molecular formula is C20H20BrN3O2. The van der Waals surface area contributed by atoms with Crippen molar-refractivity contribution in [2.75, 3.05) is 24.5 Å². The molecule has 4 rings (SSSR count). The van der Waals surface area contributed by atoms with Crippen molar-refractivity contribution in [3.63, 3.8) is 0 Å². The molecule has 1 aliphatic heterocycles. The van der Waals surface area contributed by atoms with Gasteiger partial charge < -0.3 is 14.6 Å². The topological polar surface area (TPSA) is 58.4 Å². The fourth-order valence-electron chi connectivity index (χ4n) is 3.29. The van der Waals surface area contributed by atoms with Gasteiger partial charge in [-0.05, 0) is 49.1 Å². The van der Waals surface area contributed by atoms with Gasteiger partial charge in [-0.1, -0.05) is 34.1 Å². The van der Waals surface area contributed by atoms with E-state index in [-0.39, 0.29) is 5.91 Å². The zero-order chi connectivity index (χ0) is 17.9. The monoisotopic (exact) mass is 413 g/mol. The van der Waals surface area contributed by atoms with Crippen LogP contribution >= 0.6 is 15.9 Å². The van der Waals surface area contributed by atoms with Crippen LogP contribution < -0.4 is 10.2 Å². The molecule has 3 aromatic rings. The minimum atomic E-state index is -0.0207. The predicted octanol–water partition coefficient (Wildman–Crippen LogP) is 4.24. The highest BCUT2D eigenvalue weighted by Crippen LogP contribution is 2.26. The molecule has 26 heavy (non-hydrogen) atoms. The number of benzene rings is 2. The molecule has 1 aromatic heterocycles. The van der Waals surface area contributed by atoms with Crippen molar-refractivity contribution in [3.8, 4) is 0 Å². The van der Waals surface area contributed by atoms with Gasteiger partial charge in [-0.25, -0.2) is 0 Å². The first-order valence-electron chi connectivity index (χ1n) is 8.83. The van der Waals surface area contributed by atoms with E-state index >= 15 is 0 Å². The average molecular weight is 414 g/mol. The molecular weight excluding hydrogens is 394 g/mol. The number of oxazole rings is 1. The third-order valence-electron chi connectivity index (χ3n) is 4.81. The average Bonchev–Trinajstić information content (AvgIpc) is 3.11. The maximum Gasteiger partial charge on any atom is 0.298 e. The van der Waals surface area contributed by atoms with Crippen LogP contribution in [0.3, 0.4) is 0 Å². The number of piperidine rings is 1. The number of hydrogen-bond donors (Lipinski definition) is 1. The number of carbonyl (C=O) groups is 1. The maximum atomic E-state index is 12.3. The molecule has 1 N–H and O–H groups in total. The Labute approximate surface area is 160 Å². The van der Waals surface area contributed by atoms with Crippen molar-refractivity contribution < 1.29 is 9.21 Å². The van der Waals surface area contributed by atoms with Gasteiger partial charge >= 0.3 is 0 Å². The van der Waals surface area contributed by atoms with Crippen LogP contribution in [0.1, 0.15) is 23.2 Å². The number of hydrogen-bond acceptors (Lipinski definition) is 4. The predicted molar refractivity (Wildman–Crippen MR) is 105 cm³/mol. The van der Waals surface area contributed by atoms with E-state index in [2.05, 4.69) is 31.1 Å². The SMILES string of the molecule is O=C(NCC1CCN(c2nc3ccccc3o2)CC1)c1cccc(Br)c1. The summed E-state index contributed by atoms with van der Waals surface area (Å²) in [6, 6.07) is 16.0. The van der Waals surface area contributed by atoms with E-state index in [0.29, 0.717) is 24.0 Å². The molecule has 2 aromatic carbocycles. The van der Waals surface area contributed by atoms with E-state index < -0.39 is 0 Å². The van der Waals surface area contributed by atoms with Gasteiger partial charge in [-0.3, -0.25) is 4.79 Å². The first kappa shape index (κ1) is 17.1. The maximum absolute atomic E-state index is 12.3. The van der Waals surface area contributed by atoms with Gasteiger partial charge in [-0.2, -0.15) is 4.98 Å². The summed E-state index contributed by atoms with van der Waals surface area (Å²) < 4.78 is 6.76. The zero-order valence-corrected chi connectivity index (χ0v) is 15.9. The number of rotatable bonds is 4. The number of fused-ring (bicyclic) bond motifs is 1. The van der Waals surface area contributed by atoms with Gasteiger partial charge in [0.05, 0.1) is 0 Å². The van der Waals surface area contributed by atoms with Crippen molar-refractivity contribution >= 4 is 39.0 Å². The van der Waals surface area contributed by atoms with E-state index in [1.165, 1.54) is 0 Å². The van der Waals surface area contributed by atoms with Gasteiger partial charge in [-0.15, -0.1) is 0 Å². The molecule has 0 atom stereocenters. The van der Waals surface area contributed by atoms with Gasteiger partial charge in [0.1, 0.15) is 5.52 Å². The molecule has 134 valence electrons. The Balaban J connectivity index is 1.30. The van der Waals surface area contributed by atoms with Crippen LogP contribution in [0.4, 0.5) is 6.01 Å². The number of anilines is 1. The highest BCUT2D eigenvalue weighted by atomic mass is 79.9. The first-order chi connectivity index (χ1) is 12.7. The van der Waals surface area contributed by atoms with E-state index in [1.807, 2.05) is 48.5 Å². The van der Waals surface area contributed by atoms with Crippen LogP contribution in [0, 0.1) is 5.92 Å². The zero-order valence-electron chi connectivity index (χ0n) is 14.3. The summed E-state index contributed by atoms with van der Waals surface area (Å²) in [4.78, 5) is 19.0. The van der Waals surface area contributed by atoms with Gasteiger partial charge in [0.2, 0.25) is 0 Å². The number of nitrogens with zero attached hydrogens (tertiary/aromatic N) is 2. The molecule has 1 saturated heterocycles. The van der Waals surface area contributed by atoms with Crippen LogP contribution in [0.2, 0.25) is 0 Å². The Morgan fingerprint density at radius 3 is 2.77 bits per heavy atom. The van der Waals surface area contributed by atoms with E-state index in [9.17, 15) is 4.79 Å². The van der Waals surface area contributed by atoms with Crippen LogP contribution in [-0.2, 0) is 0 Å². The molecule has 0 spiro atoms. The number of amides is 1. The highest BCUT2D eigenvalue weighted by Gasteiger charge is 2.23. The molecule has 5 nitrogen and oxygen atoms in total. The third kappa shape index (κ3) is 3.75. The van der Waals surface area contributed by atoms with Crippen LogP contribution in [-0.4, -0.2) is 30.5 Å². The van der Waals surface area contributed by atoms with Crippen LogP contribution in [0.15, 0.2) is 57.4 Å². The van der Waals surface area contributed by atoms with E-state index in [4.69, 9.17) is 4.42 Å². The minimum Gasteiger partial charge on any atom is -0.423 e. The second-order valence-electron chi connectivity index (χ2n) is 6.61. The van der Waals surface area contributed by atoms with Crippen molar-refractivity contribution in [1.82, 2.24) is 10.3 Å². The Kier molecular flexibility index (Phi) is 4.93. The Morgan fingerprint density at radius 1 is 1.19 bits per heavy atom. The lowest BCUT2D eigenvalue weighted by atomic mass is 9.97. The van der Waals surface area contributed by atoms with Crippen molar-refractivity contribution in [2.24, 2.45) is 5.92 Å². The molecule has 0 unspecified atom stereocenters. The van der Waals surface area contributed by atoms with Crippen LogP contribution in [0.25, 0.3) is 11.1 Å². The minimum absolute atomic E-state index is 0.0207. The highest BCUT2D eigenvalue weighted by molar-refractivity contribution is 9.10. The molecule has 1 amide bonds. The summed E-state index contributed by atoms with van der Waals surface area (Å²) in [6.07, 6.45) is 2.02. The third-order valence-corrected chi connectivity index (χ3v) is 5.30. The second kappa shape index (κ2) is 7.50. The normalized spacial score (nSPS) is 15.3. The number of aromatic nitrogens is 1. The quantitative estimate of drug-likeness (QED) is 0.694. The second-order valence-corrected chi connectivity index (χ2v) is 7.53. The molecule has 0 radical (unpaired) electrons. The Hall–Kier alpha value is -2.34.